The number of aromatic nitrogens is 5. The highest BCUT2D eigenvalue weighted by Crippen LogP contribution is 2.26. The van der Waals surface area contributed by atoms with E-state index in [-0.39, 0.29) is 29.5 Å². The van der Waals surface area contributed by atoms with E-state index in [2.05, 4.69) is 20.3 Å². The first-order valence-corrected chi connectivity index (χ1v) is 11.3. The Hall–Kier alpha value is -4.13. The SMILES string of the molecule is CN=CC1=C(N)C=C(Cl)[C@H](Nc2nc(=O)n(Cc3cn(C)cn3)c(=O)n2Cc2cc(F)c(F)c(F)c2)C1. The lowest BCUT2D eigenvalue weighted by Crippen LogP contribution is -2.44. The molecule has 0 saturated heterocycles. The molecule has 10 nitrogen and oxygen atoms in total. The van der Waals surface area contributed by atoms with Crippen molar-refractivity contribution in [1.29, 1.82) is 0 Å². The first-order valence-electron chi connectivity index (χ1n) is 10.9. The fourth-order valence-electron chi connectivity index (χ4n) is 3.85. The van der Waals surface area contributed by atoms with E-state index < -0.39 is 41.4 Å². The Bertz CT molecular complexity index is 1550. The second-order valence-electron chi connectivity index (χ2n) is 8.37. The number of aryl methyl sites for hydroxylation is 1. The van der Waals surface area contributed by atoms with Gasteiger partial charge in [-0.25, -0.2) is 32.3 Å². The first kappa shape index (κ1) is 25.9. The van der Waals surface area contributed by atoms with Crippen LogP contribution in [0.4, 0.5) is 19.1 Å². The first-order chi connectivity index (χ1) is 17.6. The van der Waals surface area contributed by atoms with Crippen molar-refractivity contribution < 1.29 is 13.2 Å². The summed E-state index contributed by atoms with van der Waals surface area (Å²) in [7, 11) is 3.30. The molecule has 2 heterocycles. The van der Waals surface area contributed by atoms with Crippen molar-refractivity contribution in [3.63, 3.8) is 0 Å². The van der Waals surface area contributed by atoms with Crippen LogP contribution in [-0.4, -0.2) is 43.0 Å². The Morgan fingerprint density at radius 3 is 2.54 bits per heavy atom. The van der Waals surface area contributed by atoms with Gasteiger partial charge in [0.2, 0.25) is 5.95 Å². The third-order valence-electron chi connectivity index (χ3n) is 5.62. The maximum absolute atomic E-state index is 13.9. The number of nitrogens with one attached hydrogen (secondary N) is 1. The summed E-state index contributed by atoms with van der Waals surface area (Å²) >= 11 is 6.37. The molecule has 0 saturated carbocycles. The van der Waals surface area contributed by atoms with Crippen LogP contribution < -0.4 is 22.4 Å². The second kappa shape index (κ2) is 10.5. The van der Waals surface area contributed by atoms with Crippen molar-refractivity contribution in [1.82, 2.24) is 23.7 Å². The molecular formula is C23H22ClF3N8O2. The number of hydrogen-bond donors (Lipinski definition) is 2. The van der Waals surface area contributed by atoms with E-state index in [4.69, 9.17) is 17.3 Å². The molecule has 1 aromatic carbocycles. The quantitative estimate of drug-likeness (QED) is 0.352. The molecule has 14 heteroatoms. The molecular weight excluding hydrogens is 513 g/mol. The van der Waals surface area contributed by atoms with E-state index in [9.17, 15) is 22.8 Å². The highest BCUT2D eigenvalue weighted by atomic mass is 35.5. The summed E-state index contributed by atoms with van der Waals surface area (Å²) < 4.78 is 44.8. The van der Waals surface area contributed by atoms with E-state index in [0.29, 0.717) is 17.0 Å². The minimum Gasteiger partial charge on any atom is -0.398 e. The molecule has 0 aliphatic heterocycles. The highest BCUT2D eigenvalue weighted by Gasteiger charge is 2.24. The lowest BCUT2D eigenvalue weighted by molar-refractivity contribution is 0.444. The molecule has 1 aliphatic rings. The maximum Gasteiger partial charge on any atom is 0.355 e. The summed E-state index contributed by atoms with van der Waals surface area (Å²) in [4.78, 5) is 38.4. The van der Waals surface area contributed by atoms with Crippen molar-refractivity contribution in [2.45, 2.75) is 25.6 Å². The van der Waals surface area contributed by atoms with Crippen molar-refractivity contribution >= 4 is 23.8 Å². The van der Waals surface area contributed by atoms with Crippen molar-refractivity contribution in [2.24, 2.45) is 17.8 Å². The fraction of sp³-hybridized carbons (Fsp3) is 0.261. The van der Waals surface area contributed by atoms with Crippen LogP contribution in [0.1, 0.15) is 17.7 Å². The predicted molar refractivity (Wildman–Crippen MR) is 132 cm³/mol. The van der Waals surface area contributed by atoms with Crippen LogP contribution in [0.15, 0.2) is 61.6 Å². The van der Waals surface area contributed by atoms with E-state index >= 15 is 0 Å². The molecule has 0 bridgehead atoms. The smallest absolute Gasteiger partial charge is 0.355 e. The zero-order valence-electron chi connectivity index (χ0n) is 19.8. The number of nitrogens with zero attached hydrogens (tertiary/aromatic N) is 6. The van der Waals surface area contributed by atoms with Crippen LogP contribution in [0, 0.1) is 17.5 Å². The topological polar surface area (TPSA) is 125 Å². The van der Waals surface area contributed by atoms with Gasteiger partial charge in [0, 0.05) is 43.7 Å². The average Bonchev–Trinajstić information content (AvgIpc) is 3.25. The summed E-state index contributed by atoms with van der Waals surface area (Å²) in [5.74, 6) is -4.69. The summed E-state index contributed by atoms with van der Waals surface area (Å²) in [6.07, 6.45) is 6.44. The van der Waals surface area contributed by atoms with Gasteiger partial charge in [0.05, 0.1) is 31.2 Å². The third-order valence-corrected chi connectivity index (χ3v) is 5.99. The van der Waals surface area contributed by atoms with Gasteiger partial charge in [0.25, 0.3) is 0 Å². The molecule has 0 unspecified atom stereocenters. The number of rotatable bonds is 7. The number of hydrogen-bond acceptors (Lipinski definition) is 7. The summed E-state index contributed by atoms with van der Waals surface area (Å²) in [5, 5.41) is 3.23. The number of imidazole rings is 1. The molecule has 3 N–H and O–H groups in total. The van der Waals surface area contributed by atoms with E-state index in [1.807, 2.05) is 0 Å². The molecule has 0 radical (unpaired) electrons. The highest BCUT2D eigenvalue weighted by molar-refractivity contribution is 6.30. The zero-order valence-corrected chi connectivity index (χ0v) is 20.5. The Balaban J connectivity index is 1.79. The standard InChI is InChI=1S/C23H22ClF3N8O2/c1-29-7-13-5-19(15(24)6-18(13)28)31-21-32-22(36)35(10-14-9-33(2)11-30-14)23(37)34(21)8-12-3-16(25)20(27)17(26)4-12/h3-4,6-7,9,11,19H,5,8,10,28H2,1-2H3,(H,31,32,36)/t19-/m1/s1. The number of allylic oxidation sites excluding steroid dienone is 1. The molecule has 3 aromatic rings. The number of anilines is 1. The third kappa shape index (κ3) is 5.50. The van der Waals surface area contributed by atoms with Gasteiger partial charge in [0.1, 0.15) is 0 Å². The van der Waals surface area contributed by atoms with Gasteiger partial charge in [-0.05, 0) is 29.3 Å². The minimum atomic E-state index is -1.64. The van der Waals surface area contributed by atoms with Crippen LogP contribution in [0.5, 0.6) is 0 Å². The van der Waals surface area contributed by atoms with Crippen molar-refractivity contribution in [3.8, 4) is 0 Å². The molecule has 1 aliphatic carbocycles. The lowest BCUT2D eigenvalue weighted by Gasteiger charge is -2.25. The van der Waals surface area contributed by atoms with Crippen LogP contribution in [0.3, 0.4) is 0 Å². The Labute approximate surface area is 213 Å². The monoisotopic (exact) mass is 534 g/mol. The van der Waals surface area contributed by atoms with Crippen LogP contribution in [0.2, 0.25) is 0 Å². The molecule has 37 heavy (non-hydrogen) atoms. The number of benzene rings is 1. The van der Waals surface area contributed by atoms with Crippen LogP contribution in [-0.2, 0) is 20.1 Å². The summed E-state index contributed by atoms with van der Waals surface area (Å²) in [5.41, 5.74) is 5.68. The molecule has 0 spiro atoms. The Kier molecular flexibility index (Phi) is 7.34. The Morgan fingerprint density at radius 2 is 1.92 bits per heavy atom. The number of aliphatic imine (C=N–C) groups is 1. The summed E-state index contributed by atoms with van der Waals surface area (Å²) in [6, 6.07) is 0.873. The van der Waals surface area contributed by atoms with Gasteiger partial charge in [0.15, 0.2) is 17.5 Å². The van der Waals surface area contributed by atoms with Gasteiger partial charge < -0.3 is 15.6 Å². The fourth-order valence-corrected chi connectivity index (χ4v) is 4.10. The molecule has 2 aromatic heterocycles. The van der Waals surface area contributed by atoms with Gasteiger partial charge >= 0.3 is 11.4 Å². The Morgan fingerprint density at radius 1 is 1.22 bits per heavy atom. The van der Waals surface area contributed by atoms with E-state index in [1.165, 1.54) is 12.4 Å². The molecule has 194 valence electrons. The zero-order chi connectivity index (χ0) is 26.9. The van der Waals surface area contributed by atoms with E-state index in [1.54, 1.807) is 31.1 Å². The molecule has 1 atom stereocenters. The molecule has 4 rings (SSSR count). The number of halogens is 4. The average molecular weight is 535 g/mol. The molecule has 0 fully saturated rings. The normalized spacial score (nSPS) is 15.9. The molecule has 0 amide bonds. The second-order valence-corrected chi connectivity index (χ2v) is 8.81. The summed E-state index contributed by atoms with van der Waals surface area (Å²) in [6.45, 7) is -0.626. The predicted octanol–water partition coefficient (Wildman–Crippen LogP) is 1.87. The van der Waals surface area contributed by atoms with Gasteiger partial charge in [-0.3, -0.25) is 9.56 Å². The lowest BCUT2D eigenvalue weighted by atomic mass is 9.99. The largest absolute Gasteiger partial charge is 0.398 e. The van der Waals surface area contributed by atoms with Crippen LogP contribution >= 0.6 is 11.6 Å². The van der Waals surface area contributed by atoms with Crippen molar-refractivity contribution in [2.75, 3.05) is 12.4 Å². The van der Waals surface area contributed by atoms with Gasteiger partial charge in [-0.1, -0.05) is 11.6 Å². The van der Waals surface area contributed by atoms with Crippen LogP contribution in [0.25, 0.3) is 0 Å². The van der Waals surface area contributed by atoms with Gasteiger partial charge in [-0.2, -0.15) is 4.98 Å². The van der Waals surface area contributed by atoms with E-state index in [0.717, 1.165) is 21.3 Å². The minimum absolute atomic E-state index is 0.0698. The number of nitrogens with two attached hydrogens (primary N) is 1. The van der Waals surface area contributed by atoms with Crippen molar-refractivity contribution in [3.05, 3.63) is 96.7 Å². The maximum atomic E-state index is 13.9. The van der Waals surface area contributed by atoms with Gasteiger partial charge in [-0.15, -0.1) is 0 Å².